The minimum atomic E-state index is 0.0757. The quantitative estimate of drug-likeness (QED) is 0.821. The number of likely N-dealkylation sites (N-methyl/N-ethyl adjacent to an activating group) is 1. The van der Waals surface area contributed by atoms with Crippen LogP contribution in [0.5, 0.6) is 0 Å². The van der Waals surface area contributed by atoms with Crippen molar-refractivity contribution >= 4 is 5.82 Å². The molecule has 2 heterocycles. The van der Waals surface area contributed by atoms with Crippen LogP contribution >= 0.6 is 0 Å². The van der Waals surface area contributed by atoms with E-state index in [0.29, 0.717) is 17.9 Å². The molecule has 1 aliphatic heterocycles. The van der Waals surface area contributed by atoms with E-state index >= 15 is 0 Å². The minimum Gasteiger partial charge on any atom is -0.350 e. The second-order valence-corrected chi connectivity index (χ2v) is 4.91. The molecule has 3 rings (SSSR count). The van der Waals surface area contributed by atoms with Crippen molar-refractivity contribution in [3.63, 3.8) is 0 Å². The highest BCUT2D eigenvalue weighted by molar-refractivity contribution is 5.38. The molecule has 0 radical (unpaired) electrons. The number of nitrogens with one attached hydrogen (secondary N) is 1. The van der Waals surface area contributed by atoms with Crippen molar-refractivity contribution in [2.75, 3.05) is 25.0 Å². The number of anilines is 1. The maximum absolute atomic E-state index is 12.3. The lowest BCUT2D eigenvalue weighted by atomic mass is 10.3. The number of aromatic nitrogens is 2. The van der Waals surface area contributed by atoms with Crippen molar-refractivity contribution in [2.24, 2.45) is 0 Å². The molecule has 1 unspecified atom stereocenters. The van der Waals surface area contributed by atoms with E-state index in [9.17, 15) is 4.79 Å². The normalized spacial score (nSPS) is 24.3. The second kappa shape index (κ2) is 4.14. The fourth-order valence-electron chi connectivity index (χ4n) is 2.46. The van der Waals surface area contributed by atoms with Gasteiger partial charge >= 0.3 is 0 Å². The first kappa shape index (κ1) is 10.8. The van der Waals surface area contributed by atoms with Gasteiger partial charge in [-0.05, 0) is 26.3 Å². The van der Waals surface area contributed by atoms with E-state index in [4.69, 9.17) is 0 Å². The topological polar surface area (TPSA) is 50.2 Å². The van der Waals surface area contributed by atoms with Gasteiger partial charge in [-0.15, -0.1) is 0 Å². The van der Waals surface area contributed by atoms with Crippen molar-refractivity contribution < 1.29 is 0 Å². The first-order chi connectivity index (χ1) is 8.29. The Morgan fingerprint density at radius 2 is 2.24 bits per heavy atom. The molecule has 17 heavy (non-hydrogen) atoms. The van der Waals surface area contributed by atoms with Crippen molar-refractivity contribution in [1.82, 2.24) is 14.9 Å². The average Bonchev–Trinajstić information content (AvgIpc) is 3.07. The van der Waals surface area contributed by atoms with Crippen LogP contribution in [0.25, 0.3) is 0 Å². The molecule has 2 fully saturated rings. The van der Waals surface area contributed by atoms with E-state index in [2.05, 4.69) is 15.2 Å². The third kappa shape index (κ3) is 1.95. The zero-order valence-corrected chi connectivity index (χ0v) is 10.1. The van der Waals surface area contributed by atoms with Gasteiger partial charge < -0.3 is 14.8 Å². The summed E-state index contributed by atoms with van der Waals surface area (Å²) in [5.74, 6) is 0.622. The molecule has 92 valence electrons. The molecule has 0 aromatic carbocycles. The number of nitrogens with zero attached hydrogens (tertiary/aromatic N) is 3. The molecule has 0 amide bonds. The van der Waals surface area contributed by atoms with Gasteiger partial charge in [0.2, 0.25) is 0 Å². The van der Waals surface area contributed by atoms with E-state index in [-0.39, 0.29) is 5.56 Å². The summed E-state index contributed by atoms with van der Waals surface area (Å²) < 4.78 is 1.84. The van der Waals surface area contributed by atoms with Gasteiger partial charge in [0.05, 0.1) is 0 Å². The van der Waals surface area contributed by atoms with Crippen LogP contribution in [0.2, 0.25) is 0 Å². The van der Waals surface area contributed by atoms with Crippen molar-refractivity contribution in [2.45, 2.75) is 31.3 Å². The molecule has 1 N–H and O–H groups in total. The Hall–Kier alpha value is -1.36. The van der Waals surface area contributed by atoms with Crippen LogP contribution in [-0.2, 0) is 0 Å². The molecule has 1 aliphatic carbocycles. The fraction of sp³-hybridized carbons (Fsp3) is 0.667. The van der Waals surface area contributed by atoms with Gasteiger partial charge in [0, 0.05) is 37.6 Å². The predicted molar refractivity (Wildman–Crippen MR) is 66.4 cm³/mol. The van der Waals surface area contributed by atoms with Crippen LogP contribution in [0.1, 0.15) is 25.3 Å². The lowest BCUT2D eigenvalue weighted by molar-refractivity contribution is 0.615. The summed E-state index contributed by atoms with van der Waals surface area (Å²) in [5, 5.41) is 3.25. The maximum atomic E-state index is 12.3. The summed E-state index contributed by atoms with van der Waals surface area (Å²) >= 11 is 0. The van der Waals surface area contributed by atoms with Crippen LogP contribution in [0.3, 0.4) is 0 Å². The Bertz CT molecular complexity index is 466. The molecule has 2 aliphatic rings. The Kier molecular flexibility index (Phi) is 2.63. The third-order valence-electron chi connectivity index (χ3n) is 3.69. The molecule has 1 aromatic rings. The van der Waals surface area contributed by atoms with Crippen molar-refractivity contribution in [1.29, 1.82) is 0 Å². The molecule has 1 aromatic heterocycles. The SMILES string of the molecule is CNC1CCN(c2nccn(C3CC3)c2=O)C1. The van der Waals surface area contributed by atoms with E-state index in [0.717, 1.165) is 32.4 Å². The summed E-state index contributed by atoms with van der Waals surface area (Å²) in [7, 11) is 1.97. The smallest absolute Gasteiger partial charge is 0.293 e. The highest BCUT2D eigenvalue weighted by Gasteiger charge is 2.28. The summed E-state index contributed by atoms with van der Waals surface area (Å²) in [6.07, 6.45) is 6.90. The molecule has 0 spiro atoms. The van der Waals surface area contributed by atoms with Crippen molar-refractivity contribution in [3.8, 4) is 0 Å². The van der Waals surface area contributed by atoms with Gasteiger partial charge in [0.1, 0.15) is 0 Å². The van der Waals surface area contributed by atoms with Crippen LogP contribution in [0, 0.1) is 0 Å². The van der Waals surface area contributed by atoms with E-state index in [1.54, 1.807) is 6.20 Å². The van der Waals surface area contributed by atoms with Crippen LogP contribution in [0.15, 0.2) is 17.2 Å². The molecular weight excluding hydrogens is 216 g/mol. The van der Waals surface area contributed by atoms with Gasteiger partial charge in [-0.25, -0.2) is 4.98 Å². The van der Waals surface area contributed by atoms with Gasteiger partial charge in [0.15, 0.2) is 5.82 Å². The summed E-state index contributed by atoms with van der Waals surface area (Å²) in [6, 6.07) is 0.901. The predicted octanol–water partition coefficient (Wildman–Crippen LogP) is 0.376. The zero-order chi connectivity index (χ0) is 11.8. The lowest BCUT2D eigenvalue weighted by Crippen LogP contribution is -2.34. The maximum Gasteiger partial charge on any atom is 0.293 e. The Labute approximate surface area is 100 Å². The third-order valence-corrected chi connectivity index (χ3v) is 3.69. The summed E-state index contributed by atoms with van der Waals surface area (Å²) in [5.41, 5.74) is 0.0757. The molecule has 1 saturated heterocycles. The largest absolute Gasteiger partial charge is 0.350 e. The first-order valence-electron chi connectivity index (χ1n) is 6.29. The zero-order valence-electron chi connectivity index (χ0n) is 10.1. The molecule has 5 nitrogen and oxygen atoms in total. The van der Waals surface area contributed by atoms with Gasteiger partial charge in [0.25, 0.3) is 5.56 Å². The monoisotopic (exact) mass is 234 g/mol. The standard InChI is InChI=1S/C12H18N4O/c1-13-9-4-6-15(8-9)11-12(17)16(7-5-14-11)10-2-3-10/h5,7,9-10,13H,2-4,6,8H2,1H3. The number of hydrogen-bond donors (Lipinski definition) is 1. The second-order valence-electron chi connectivity index (χ2n) is 4.91. The lowest BCUT2D eigenvalue weighted by Gasteiger charge is -2.17. The van der Waals surface area contributed by atoms with E-state index in [1.165, 1.54) is 0 Å². The van der Waals surface area contributed by atoms with E-state index < -0.39 is 0 Å². The summed E-state index contributed by atoms with van der Waals surface area (Å²) in [6.45, 7) is 1.80. The van der Waals surface area contributed by atoms with Gasteiger partial charge in [-0.2, -0.15) is 0 Å². The minimum absolute atomic E-state index is 0.0757. The van der Waals surface area contributed by atoms with Crippen LogP contribution < -0.4 is 15.8 Å². The fourth-order valence-corrected chi connectivity index (χ4v) is 2.46. The highest BCUT2D eigenvalue weighted by atomic mass is 16.1. The van der Waals surface area contributed by atoms with Gasteiger partial charge in [-0.3, -0.25) is 4.79 Å². The number of rotatable bonds is 3. The van der Waals surface area contributed by atoms with Crippen molar-refractivity contribution in [3.05, 3.63) is 22.7 Å². The number of hydrogen-bond acceptors (Lipinski definition) is 4. The van der Waals surface area contributed by atoms with E-state index in [1.807, 2.05) is 17.8 Å². The molecular formula is C12H18N4O. The molecule has 5 heteroatoms. The Morgan fingerprint density at radius 1 is 1.41 bits per heavy atom. The average molecular weight is 234 g/mol. The Balaban J connectivity index is 1.88. The van der Waals surface area contributed by atoms with Crippen LogP contribution in [-0.4, -0.2) is 35.7 Å². The molecule has 1 saturated carbocycles. The highest BCUT2D eigenvalue weighted by Crippen LogP contribution is 2.33. The first-order valence-corrected chi connectivity index (χ1v) is 6.29. The van der Waals surface area contributed by atoms with Crippen LogP contribution in [0.4, 0.5) is 5.82 Å². The molecule has 1 atom stereocenters. The summed E-state index contributed by atoms with van der Waals surface area (Å²) in [4.78, 5) is 18.6. The Morgan fingerprint density at radius 3 is 2.88 bits per heavy atom. The molecule has 0 bridgehead atoms. The van der Waals surface area contributed by atoms with Gasteiger partial charge in [-0.1, -0.05) is 0 Å².